The summed E-state index contributed by atoms with van der Waals surface area (Å²) in [5.41, 5.74) is 5.97. The molecule has 1 aliphatic carbocycles. The summed E-state index contributed by atoms with van der Waals surface area (Å²) in [6, 6.07) is 27.9. The van der Waals surface area contributed by atoms with Gasteiger partial charge >= 0.3 is 0 Å². The first kappa shape index (κ1) is 31.4. The molecule has 8 heteroatoms. The van der Waals surface area contributed by atoms with Crippen LogP contribution in [0.1, 0.15) is 53.1 Å². The van der Waals surface area contributed by atoms with E-state index < -0.39 is 0 Å². The Labute approximate surface area is 260 Å². The summed E-state index contributed by atoms with van der Waals surface area (Å²) in [5, 5.41) is 8.57. The van der Waals surface area contributed by atoms with E-state index in [0.29, 0.717) is 30.5 Å². The quantitative estimate of drug-likeness (QED) is 0.155. The van der Waals surface area contributed by atoms with Crippen LogP contribution in [0.25, 0.3) is 0 Å². The molecule has 2 aliphatic rings. The normalized spacial score (nSPS) is 20.6. The Balaban J connectivity index is 1.20. The third kappa shape index (κ3) is 7.75. The first-order chi connectivity index (χ1) is 21.5. The molecule has 44 heavy (non-hydrogen) atoms. The molecule has 2 amide bonds. The van der Waals surface area contributed by atoms with Gasteiger partial charge in [0, 0.05) is 50.9 Å². The Morgan fingerprint density at radius 3 is 2.25 bits per heavy atom. The molecule has 0 spiro atoms. The molecule has 1 aliphatic heterocycles. The molecular formula is C36H44N4O4. The van der Waals surface area contributed by atoms with Crippen molar-refractivity contribution in [2.45, 2.75) is 50.1 Å². The highest BCUT2D eigenvalue weighted by Gasteiger charge is 2.40. The number of amides is 2. The van der Waals surface area contributed by atoms with Gasteiger partial charge in [-0.3, -0.25) is 9.59 Å². The average Bonchev–Trinajstić information content (AvgIpc) is 3.49. The third-order valence-electron chi connectivity index (χ3n) is 9.40. The molecule has 0 aromatic heterocycles. The molecule has 1 saturated carbocycles. The van der Waals surface area contributed by atoms with Crippen LogP contribution < -0.4 is 5.48 Å². The third-order valence-corrected chi connectivity index (χ3v) is 9.40. The molecule has 3 aromatic carbocycles. The Morgan fingerprint density at radius 1 is 0.955 bits per heavy atom. The lowest BCUT2D eigenvalue weighted by molar-refractivity contribution is -0.215. The molecule has 5 rings (SSSR count). The van der Waals surface area contributed by atoms with Crippen LogP contribution in [0.15, 0.2) is 97.6 Å². The summed E-state index contributed by atoms with van der Waals surface area (Å²) in [6.45, 7) is 7.31. The molecule has 3 aromatic rings. The monoisotopic (exact) mass is 596 g/mol. The van der Waals surface area contributed by atoms with Gasteiger partial charge in [0.2, 0.25) is 5.91 Å². The Bertz CT molecular complexity index is 1360. The first-order valence-electron chi connectivity index (χ1n) is 15.6. The fourth-order valence-electron chi connectivity index (χ4n) is 7.03. The van der Waals surface area contributed by atoms with Crippen LogP contribution in [-0.2, 0) is 16.2 Å². The summed E-state index contributed by atoms with van der Waals surface area (Å²) < 4.78 is 0. The van der Waals surface area contributed by atoms with E-state index in [1.165, 1.54) is 5.56 Å². The molecule has 2 N–H and O–H groups in total. The fourth-order valence-corrected chi connectivity index (χ4v) is 7.03. The second kappa shape index (κ2) is 15.1. The minimum atomic E-state index is 0.0858. The molecule has 1 saturated heterocycles. The molecule has 2 fully saturated rings. The van der Waals surface area contributed by atoms with Crippen molar-refractivity contribution in [2.75, 3.05) is 38.7 Å². The van der Waals surface area contributed by atoms with E-state index in [9.17, 15) is 9.59 Å². The highest BCUT2D eigenvalue weighted by Crippen LogP contribution is 2.42. The molecule has 0 bridgehead atoms. The zero-order chi connectivity index (χ0) is 30.9. The van der Waals surface area contributed by atoms with Crippen LogP contribution in [0.4, 0.5) is 5.69 Å². The van der Waals surface area contributed by atoms with Gasteiger partial charge in [-0.2, -0.15) is 0 Å². The SMILES string of the molecule is C=CCN(C(=O)Cc1ccc(NOO)cc1)C1CCN(C[C@H]2CC(N(C)C(=O)c3ccccc3)C[C@@H]2c2ccccc2)CC1. The molecule has 232 valence electrons. The van der Waals surface area contributed by atoms with Crippen molar-refractivity contribution in [2.24, 2.45) is 5.92 Å². The zero-order valence-corrected chi connectivity index (χ0v) is 25.6. The van der Waals surface area contributed by atoms with E-state index in [-0.39, 0.29) is 23.9 Å². The van der Waals surface area contributed by atoms with Crippen molar-refractivity contribution in [1.29, 1.82) is 0 Å². The van der Waals surface area contributed by atoms with Crippen LogP contribution in [-0.4, -0.2) is 77.1 Å². The summed E-state index contributed by atoms with van der Waals surface area (Å²) in [4.78, 5) is 37.1. The Kier molecular flexibility index (Phi) is 10.8. The Hall–Kier alpha value is -3.98. The predicted molar refractivity (Wildman–Crippen MR) is 173 cm³/mol. The minimum Gasteiger partial charge on any atom is -0.339 e. The average molecular weight is 597 g/mol. The number of rotatable bonds is 12. The summed E-state index contributed by atoms with van der Waals surface area (Å²) in [7, 11) is 1.95. The zero-order valence-electron chi connectivity index (χ0n) is 25.6. The Morgan fingerprint density at radius 2 is 1.61 bits per heavy atom. The number of likely N-dealkylation sites (tertiary alicyclic amines) is 1. The van der Waals surface area contributed by atoms with Crippen LogP contribution in [0.3, 0.4) is 0 Å². The van der Waals surface area contributed by atoms with Gasteiger partial charge in [0.25, 0.3) is 5.91 Å². The molecule has 3 atom stereocenters. The molecule has 8 nitrogen and oxygen atoms in total. The topological polar surface area (TPSA) is 85.3 Å². The van der Waals surface area contributed by atoms with E-state index in [1.54, 1.807) is 12.1 Å². The second-order valence-corrected chi connectivity index (χ2v) is 12.1. The van der Waals surface area contributed by atoms with Crippen molar-refractivity contribution < 1.29 is 19.8 Å². The lowest BCUT2D eigenvalue weighted by Gasteiger charge is -2.39. The van der Waals surface area contributed by atoms with Crippen molar-refractivity contribution in [3.8, 4) is 0 Å². The van der Waals surface area contributed by atoms with Gasteiger partial charge in [-0.25, -0.2) is 10.7 Å². The highest BCUT2D eigenvalue weighted by atomic mass is 17.2. The van der Waals surface area contributed by atoms with Crippen molar-refractivity contribution >= 4 is 17.5 Å². The van der Waals surface area contributed by atoms with Crippen LogP contribution >= 0.6 is 0 Å². The van der Waals surface area contributed by atoms with Gasteiger partial charge in [0.15, 0.2) is 0 Å². The number of hydrogen-bond acceptors (Lipinski definition) is 6. The van der Waals surface area contributed by atoms with E-state index in [2.05, 4.69) is 52.3 Å². The molecular weight excluding hydrogens is 552 g/mol. The standard InChI is InChI=1S/C36H44N4O4/c1-3-20-40(35(41)23-27-14-16-31(17-15-27)37-44-43)32-18-21-39(22-19-32)26-30-24-33(25-34(30)28-10-6-4-7-11-28)38(2)36(42)29-12-8-5-9-13-29/h3-17,30,32-34,37,43H,1,18-26H2,2H3/t30-,33?,34-/m1/s1. The highest BCUT2D eigenvalue weighted by molar-refractivity contribution is 5.94. The number of nitrogens with zero attached hydrogens (tertiary/aromatic N) is 3. The smallest absolute Gasteiger partial charge is 0.253 e. The number of carbonyl (C=O) groups excluding carboxylic acids is 2. The van der Waals surface area contributed by atoms with E-state index >= 15 is 0 Å². The van der Waals surface area contributed by atoms with Crippen LogP contribution in [0.2, 0.25) is 0 Å². The lowest BCUT2D eigenvalue weighted by atomic mass is 9.88. The van der Waals surface area contributed by atoms with Crippen LogP contribution in [0.5, 0.6) is 0 Å². The van der Waals surface area contributed by atoms with E-state index in [1.807, 2.05) is 65.4 Å². The number of anilines is 1. The molecule has 0 radical (unpaired) electrons. The van der Waals surface area contributed by atoms with Crippen molar-refractivity contribution in [3.05, 3.63) is 114 Å². The number of benzene rings is 3. The summed E-state index contributed by atoms with van der Waals surface area (Å²) in [6.07, 6.45) is 5.92. The molecule has 1 heterocycles. The van der Waals surface area contributed by atoms with E-state index in [4.69, 9.17) is 5.26 Å². The maximum absolute atomic E-state index is 13.4. The largest absolute Gasteiger partial charge is 0.339 e. The number of nitrogens with one attached hydrogen (secondary N) is 1. The van der Waals surface area contributed by atoms with Gasteiger partial charge < -0.3 is 14.7 Å². The first-order valence-corrected chi connectivity index (χ1v) is 15.6. The maximum atomic E-state index is 13.4. The van der Waals surface area contributed by atoms with Crippen molar-refractivity contribution in [3.63, 3.8) is 0 Å². The van der Waals surface area contributed by atoms with E-state index in [0.717, 1.165) is 56.4 Å². The number of piperidine rings is 1. The lowest BCUT2D eigenvalue weighted by Crippen LogP contribution is -2.48. The maximum Gasteiger partial charge on any atom is 0.253 e. The molecule has 1 unspecified atom stereocenters. The second-order valence-electron chi connectivity index (χ2n) is 12.1. The number of hydrogen-bond donors (Lipinski definition) is 2. The summed E-state index contributed by atoms with van der Waals surface area (Å²) >= 11 is 0. The summed E-state index contributed by atoms with van der Waals surface area (Å²) in [5.74, 6) is 1.03. The van der Waals surface area contributed by atoms with Gasteiger partial charge in [0.1, 0.15) is 0 Å². The van der Waals surface area contributed by atoms with Gasteiger partial charge in [-0.1, -0.05) is 66.7 Å². The number of carbonyl (C=O) groups is 2. The van der Waals surface area contributed by atoms with Gasteiger partial charge in [-0.15, -0.1) is 11.6 Å². The fraction of sp³-hybridized carbons (Fsp3) is 0.389. The van der Waals surface area contributed by atoms with Crippen molar-refractivity contribution in [1.82, 2.24) is 14.7 Å². The minimum absolute atomic E-state index is 0.0858. The van der Waals surface area contributed by atoms with Gasteiger partial charge in [-0.05, 0) is 72.9 Å². The predicted octanol–water partition coefficient (Wildman–Crippen LogP) is 5.86. The van der Waals surface area contributed by atoms with Gasteiger partial charge in [0.05, 0.1) is 12.1 Å². The van der Waals surface area contributed by atoms with Crippen LogP contribution in [0, 0.1) is 5.92 Å².